The second kappa shape index (κ2) is 6.14. The van der Waals surface area contributed by atoms with Gasteiger partial charge in [0.2, 0.25) is 0 Å². The molecule has 0 aromatic heterocycles. The molecule has 0 spiro atoms. The van der Waals surface area contributed by atoms with Crippen molar-refractivity contribution in [1.82, 2.24) is 5.32 Å². The van der Waals surface area contributed by atoms with Gasteiger partial charge in [0.25, 0.3) is 11.6 Å². The van der Waals surface area contributed by atoms with E-state index < -0.39 is 22.3 Å². The second-order valence-corrected chi connectivity index (χ2v) is 5.04. The molecule has 0 bridgehead atoms. The van der Waals surface area contributed by atoms with E-state index in [-0.39, 0.29) is 24.1 Å². The van der Waals surface area contributed by atoms with Crippen molar-refractivity contribution in [2.24, 2.45) is 0 Å². The fourth-order valence-electron chi connectivity index (χ4n) is 1.62. The minimum Gasteiger partial charge on any atom is -0.481 e. The summed E-state index contributed by atoms with van der Waals surface area (Å²) in [7, 11) is 0. The van der Waals surface area contributed by atoms with E-state index in [4.69, 9.17) is 5.11 Å². The molecule has 7 heteroatoms. The number of non-ortho nitro benzene ring substituents is 1. The summed E-state index contributed by atoms with van der Waals surface area (Å²) in [6, 6.07) is 5.38. The van der Waals surface area contributed by atoms with Gasteiger partial charge < -0.3 is 10.4 Å². The topological polar surface area (TPSA) is 110 Å². The Balaban J connectivity index is 2.77. The van der Waals surface area contributed by atoms with E-state index in [9.17, 15) is 19.7 Å². The Morgan fingerprint density at radius 2 is 2.05 bits per heavy atom. The Bertz CT molecular complexity index is 539. The number of aliphatic carboxylic acids is 1. The molecule has 1 aromatic carbocycles. The molecule has 20 heavy (non-hydrogen) atoms. The third-order valence-electron chi connectivity index (χ3n) is 2.73. The van der Waals surface area contributed by atoms with E-state index >= 15 is 0 Å². The monoisotopic (exact) mass is 280 g/mol. The maximum Gasteiger partial charge on any atom is 0.303 e. The van der Waals surface area contributed by atoms with Crippen LogP contribution in [0, 0.1) is 10.1 Å². The zero-order valence-corrected chi connectivity index (χ0v) is 11.3. The second-order valence-electron chi connectivity index (χ2n) is 5.04. The van der Waals surface area contributed by atoms with Crippen LogP contribution in [0.25, 0.3) is 0 Å². The van der Waals surface area contributed by atoms with E-state index in [1.165, 1.54) is 24.3 Å². The Kier molecular flexibility index (Phi) is 4.79. The predicted octanol–water partition coefficient (Wildman–Crippen LogP) is 1.97. The number of carboxylic acid groups (broad SMARTS) is 1. The summed E-state index contributed by atoms with van der Waals surface area (Å²) in [6.45, 7) is 3.40. The van der Waals surface area contributed by atoms with Gasteiger partial charge in [0, 0.05) is 29.7 Å². The Morgan fingerprint density at radius 1 is 1.40 bits per heavy atom. The van der Waals surface area contributed by atoms with Crippen LogP contribution in [0.15, 0.2) is 24.3 Å². The van der Waals surface area contributed by atoms with Crippen LogP contribution in [0.1, 0.15) is 37.0 Å². The highest BCUT2D eigenvalue weighted by molar-refractivity contribution is 5.95. The number of benzene rings is 1. The Hall–Kier alpha value is -2.44. The largest absolute Gasteiger partial charge is 0.481 e. The van der Waals surface area contributed by atoms with Crippen molar-refractivity contribution in [3.05, 3.63) is 39.9 Å². The molecule has 1 amide bonds. The Morgan fingerprint density at radius 3 is 2.60 bits per heavy atom. The first-order chi connectivity index (χ1) is 9.21. The van der Waals surface area contributed by atoms with Crippen molar-refractivity contribution in [2.75, 3.05) is 0 Å². The standard InChI is InChI=1S/C13H16N2O5/c1-13(2,7-6-11(16)17)14-12(18)9-4-3-5-10(8-9)15(19)20/h3-5,8H,6-7H2,1-2H3,(H,14,18)(H,16,17). The minimum absolute atomic E-state index is 0.0672. The van der Waals surface area contributed by atoms with Crippen LogP contribution in [0.2, 0.25) is 0 Å². The molecule has 0 saturated heterocycles. The van der Waals surface area contributed by atoms with E-state index in [1.54, 1.807) is 13.8 Å². The molecule has 0 atom stereocenters. The summed E-state index contributed by atoms with van der Waals surface area (Å²) in [6.07, 6.45) is 0.200. The lowest BCUT2D eigenvalue weighted by molar-refractivity contribution is -0.384. The summed E-state index contributed by atoms with van der Waals surface area (Å²) in [5.74, 6) is -1.41. The number of nitrogens with one attached hydrogen (secondary N) is 1. The third-order valence-corrected chi connectivity index (χ3v) is 2.73. The lowest BCUT2D eigenvalue weighted by Gasteiger charge is -2.25. The van der Waals surface area contributed by atoms with Gasteiger partial charge in [-0.1, -0.05) is 6.07 Å². The van der Waals surface area contributed by atoms with Gasteiger partial charge in [-0.25, -0.2) is 0 Å². The molecular weight excluding hydrogens is 264 g/mol. The summed E-state index contributed by atoms with van der Waals surface area (Å²) < 4.78 is 0. The van der Waals surface area contributed by atoms with Gasteiger partial charge in [0.15, 0.2) is 0 Å². The number of carbonyl (C=O) groups excluding carboxylic acids is 1. The van der Waals surface area contributed by atoms with Crippen molar-refractivity contribution in [2.45, 2.75) is 32.2 Å². The average molecular weight is 280 g/mol. The van der Waals surface area contributed by atoms with Crippen LogP contribution >= 0.6 is 0 Å². The Labute approximate surface area is 115 Å². The first kappa shape index (κ1) is 15.6. The number of rotatable bonds is 6. The summed E-state index contributed by atoms with van der Waals surface area (Å²) in [4.78, 5) is 32.6. The first-order valence-corrected chi connectivity index (χ1v) is 6.00. The summed E-state index contributed by atoms with van der Waals surface area (Å²) in [5.41, 5.74) is -0.705. The van der Waals surface area contributed by atoms with Crippen molar-refractivity contribution in [3.8, 4) is 0 Å². The molecular formula is C13H16N2O5. The quantitative estimate of drug-likeness (QED) is 0.611. The minimum atomic E-state index is -0.942. The van der Waals surface area contributed by atoms with Gasteiger partial charge in [-0.2, -0.15) is 0 Å². The number of nitrogens with zero attached hydrogens (tertiary/aromatic N) is 1. The molecule has 1 rings (SSSR count). The highest BCUT2D eigenvalue weighted by atomic mass is 16.6. The molecule has 7 nitrogen and oxygen atoms in total. The molecule has 0 aliphatic carbocycles. The fourth-order valence-corrected chi connectivity index (χ4v) is 1.62. The maximum absolute atomic E-state index is 12.0. The van der Waals surface area contributed by atoms with Crippen LogP contribution in [0.4, 0.5) is 5.69 Å². The van der Waals surface area contributed by atoms with Crippen molar-refractivity contribution < 1.29 is 19.6 Å². The molecule has 2 N–H and O–H groups in total. The van der Waals surface area contributed by atoms with E-state index in [2.05, 4.69) is 5.32 Å². The fraction of sp³-hybridized carbons (Fsp3) is 0.385. The van der Waals surface area contributed by atoms with Gasteiger partial charge >= 0.3 is 5.97 Å². The molecule has 0 unspecified atom stereocenters. The smallest absolute Gasteiger partial charge is 0.303 e. The summed E-state index contributed by atoms with van der Waals surface area (Å²) in [5, 5.41) is 22.0. The molecule has 108 valence electrons. The number of carboxylic acids is 1. The average Bonchev–Trinajstić information content (AvgIpc) is 2.36. The highest BCUT2D eigenvalue weighted by Gasteiger charge is 2.22. The molecule has 1 aromatic rings. The third kappa shape index (κ3) is 4.68. The van der Waals surface area contributed by atoms with Gasteiger partial charge in [-0.05, 0) is 26.3 Å². The zero-order valence-electron chi connectivity index (χ0n) is 11.3. The number of hydrogen-bond acceptors (Lipinski definition) is 4. The van der Waals surface area contributed by atoms with Crippen LogP contribution in [-0.2, 0) is 4.79 Å². The van der Waals surface area contributed by atoms with E-state index in [1.807, 2.05) is 0 Å². The zero-order chi connectivity index (χ0) is 15.3. The van der Waals surface area contributed by atoms with Gasteiger partial charge in [0.05, 0.1) is 4.92 Å². The van der Waals surface area contributed by atoms with Crippen LogP contribution in [-0.4, -0.2) is 27.4 Å². The number of hydrogen-bond donors (Lipinski definition) is 2. The van der Waals surface area contributed by atoms with Crippen LogP contribution in [0.5, 0.6) is 0 Å². The SMILES string of the molecule is CC(C)(CCC(=O)O)NC(=O)c1cccc([N+](=O)[O-])c1. The van der Waals surface area contributed by atoms with Gasteiger partial charge in [-0.15, -0.1) is 0 Å². The first-order valence-electron chi connectivity index (χ1n) is 6.00. The molecule has 0 fully saturated rings. The molecule has 0 radical (unpaired) electrons. The lowest BCUT2D eigenvalue weighted by atomic mass is 9.97. The number of nitro groups is 1. The number of carbonyl (C=O) groups is 2. The van der Waals surface area contributed by atoms with E-state index in [0.29, 0.717) is 0 Å². The van der Waals surface area contributed by atoms with Gasteiger partial charge in [0.1, 0.15) is 0 Å². The van der Waals surface area contributed by atoms with E-state index in [0.717, 1.165) is 0 Å². The molecule has 0 aliphatic heterocycles. The lowest BCUT2D eigenvalue weighted by Crippen LogP contribution is -2.43. The molecule has 0 saturated carbocycles. The van der Waals surface area contributed by atoms with Crippen molar-refractivity contribution in [1.29, 1.82) is 0 Å². The maximum atomic E-state index is 12.0. The normalized spacial score (nSPS) is 10.9. The van der Waals surface area contributed by atoms with Crippen LogP contribution in [0.3, 0.4) is 0 Å². The number of amides is 1. The highest BCUT2D eigenvalue weighted by Crippen LogP contribution is 2.16. The molecule has 0 aliphatic rings. The molecule has 0 heterocycles. The van der Waals surface area contributed by atoms with Crippen molar-refractivity contribution in [3.63, 3.8) is 0 Å². The summed E-state index contributed by atoms with van der Waals surface area (Å²) >= 11 is 0. The van der Waals surface area contributed by atoms with Crippen molar-refractivity contribution >= 4 is 17.6 Å². The van der Waals surface area contributed by atoms with Crippen LogP contribution < -0.4 is 5.32 Å². The van der Waals surface area contributed by atoms with Gasteiger partial charge in [-0.3, -0.25) is 19.7 Å². The predicted molar refractivity (Wildman–Crippen MR) is 71.5 cm³/mol. The number of nitro benzene ring substituents is 1.